The van der Waals surface area contributed by atoms with E-state index in [1.54, 1.807) is 0 Å². The first-order chi connectivity index (χ1) is 11.9. The average molecular weight is 630 g/mol. The van der Waals surface area contributed by atoms with E-state index in [1.165, 1.54) is 0 Å². The van der Waals surface area contributed by atoms with E-state index in [-0.39, 0.29) is 12.4 Å². The van der Waals surface area contributed by atoms with Gasteiger partial charge in [-0.2, -0.15) is 13.2 Å². The Morgan fingerprint density at radius 2 is 1.27 bits per heavy atom. The Morgan fingerprint density at radius 3 is 1.77 bits per heavy atom. The Kier molecular flexibility index (Phi) is 7.04. The molecule has 1 aliphatic heterocycles. The summed E-state index contributed by atoms with van der Waals surface area (Å²) in [5, 5.41) is 0. The summed E-state index contributed by atoms with van der Waals surface area (Å²) < 4.78 is 61.9. The molecule has 0 N–H and O–H groups in total. The zero-order valence-corrected chi connectivity index (χ0v) is 21.5. The Balaban J connectivity index is 0.00000243. The molecule has 0 bridgehead atoms. The average Bonchev–Trinajstić information content (AvgIpc) is 2.61. The van der Waals surface area contributed by atoms with E-state index in [9.17, 15) is 17.6 Å². The fraction of sp³-hybridized carbons (Fsp3) is 0.842. The third kappa shape index (κ3) is 5.44. The van der Waals surface area contributed by atoms with Gasteiger partial charge in [-0.3, -0.25) is 6.42 Å². The monoisotopic (exact) mass is 630 g/mol. The van der Waals surface area contributed by atoms with Gasteiger partial charge in [0.15, 0.2) is 6.29 Å². The van der Waals surface area contributed by atoms with E-state index in [1.807, 2.05) is 6.42 Å². The molecule has 3 rings (SSSR count). The minimum atomic E-state index is -4.56. The van der Waals surface area contributed by atoms with Gasteiger partial charge in [-0.15, -0.1) is 0 Å². The largest absolute Gasteiger partial charge is 0.412 e. The zero-order valence-electron chi connectivity index (χ0n) is 15.1. The Morgan fingerprint density at radius 1 is 0.808 bits per heavy atom. The second-order valence-corrected chi connectivity index (χ2v) is 7.68. The van der Waals surface area contributed by atoms with Gasteiger partial charge in [0.25, 0.3) is 0 Å². The Hall–Kier alpha value is -1.62. The number of hydrogen-bond acceptors (Lipinski definition) is 2. The van der Waals surface area contributed by atoms with Gasteiger partial charge < -0.3 is 9.47 Å². The quantitative estimate of drug-likeness (QED) is 0.299. The fourth-order valence-electron chi connectivity index (χ4n) is 4.72. The van der Waals surface area contributed by atoms with Crippen LogP contribution in [0.4, 0.5) is 17.6 Å². The van der Waals surface area contributed by atoms with Crippen molar-refractivity contribution in [2.24, 2.45) is 23.7 Å². The van der Waals surface area contributed by atoms with E-state index in [0.29, 0.717) is 43.8 Å². The topological polar surface area (TPSA) is 18.5 Å². The molecule has 2 nitrogen and oxygen atoms in total. The summed E-state index contributed by atoms with van der Waals surface area (Å²) >= 11 is 0. The Labute approximate surface area is 146 Å². The van der Waals surface area contributed by atoms with Crippen LogP contribution in [0.25, 0.3) is 0 Å². The first-order valence-electron chi connectivity index (χ1n) is 9.42. The maximum Gasteiger partial charge on any atom is 0.412 e. The normalized spacial score (nSPS) is 35.0. The molecule has 2 saturated carbocycles. The van der Waals surface area contributed by atoms with Gasteiger partial charge >= 0.3 is 6.18 Å². The molecule has 3 aliphatic rings. The molecule has 2 aliphatic carbocycles. The first kappa shape index (κ1) is 20.7. The minimum Gasteiger partial charge on any atom is -0.384 e. The van der Waals surface area contributed by atoms with Crippen molar-refractivity contribution >= 4 is 0 Å². The van der Waals surface area contributed by atoms with E-state index in [2.05, 4.69) is 0 Å². The van der Waals surface area contributed by atoms with Crippen LogP contribution in [0.2, 0.25) is 0 Å². The molecular weight excluding hydrogens is 603 g/mol. The van der Waals surface area contributed by atoms with Crippen LogP contribution in [0.3, 0.4) is 0 Å². The van der Waals surface area contributed by atoms with Gasteiger partial charge in [-0.1, -0.05) is 13.2 Å². The van der Waals surface area contributed by atoms with Gasteiger partial charge in [0.2, 0.25) is 0 Å². The molecule has 7 heteroatoms. The van der Waals surface area contributed by atoms with Crippen molar-refractivity contribution in [1.29, 1.82) is 0 Å². The molecule has 0 radical (unpaired) electrons. The molecule has 26 heavy (non-hydrogen) atoms. The summed E-state index contributed by atoms with van der Waals surface area (Å²) in [4.78, 5) is 0. The summed E-state index contributed by atoms with van der Waals surface area (Å²) in [5.74, 6) is 0.0560. The van der Waals surface area contributed by atoms with Crippen LogP contribution in [-0.4, -0.2) is 25.7 Å². The van der Waals surface area contributed by atoms with Gasteiger partial charge in [-0.25, -0.2) is 4.39 Å². The second-order valence-electron chi connectivity index (χ2n) is 7.68. The van der Waals surface area contributed by atoms with Crippen molar-refractivity contribution in [1.82, 2.24) is 0 Å². The molecule has 3 fully saturated rings. The maximum absolute atomic E-state index is 13.7. The van der Waals surface area contributed by atoms with Crippen LogP contribution in [-0.2, 0) is 9.47 Å². The molecular formula is C19H27F4O2Rf-. The number of alkyl halides is 3. The summed E-state index contributed by atoms with van der Waals surface area (Å²) in [5.41, 5.74) is 0. The predicted octanol–water partition coefficient (Wildman–Crippen LogP) is 5.59. The van der Waals surface area contributed by atoms with Crippen LogP contribution in [0.15, 0.2) is 11.9 Å². The third-order valence-electron chi connectivity index (χ3n) is 6.09. The van der Waals surface area contributed by atoms with Crippen LogP contribution in [0.1, 0.15) is 51.4 Å². The van der Waals surface area contributed by atoms with Crippen molar-refractivity contribution in [3.63, 3.8) is 0 Å². The van der Waals surface area contributed by atoms with Crippen molar-refractivity contribution in [2.45, 2.75) is 63.8 Å². The molecule has 0 spiro atoms. The summed E-state index contributed by atoms with van der Waals surface area (Å²) in [6.45, 7) is 1.32. The van der Waals surface area contributed by atoms with Gasteiger partial charge in [0.05, 0.1) is 6.08 Å². The van der Waals surface area contributed by atoms with Crippen LogP contribution in [0, 0.1) is 30.1 Å². The predicted molar refractivity (Wildman–Crippen MR) is 86.1 cm³/mol. The molecule has 0 aromatic heterocycles. The number of rotatable bonds is 3. The van der Waals surface area contributed by atoms with Crippen molar-refractivity contribution in [3.8, 4) is 0 Å². The van der Waals surface area contributed by atoms with E-state index in [0.717, 1.165) is 38.5 Å². The number of allylic oxidation sites excluding steroid dienone is 2. The van der Waals surface area contributed by atoms with Crippen molar-refractivity contribution in [2.75, 3.05) is 13.2 Å². The summed E-state index contributed by atoms with van der Waals surface area (Å²) in [7, 11) is 0. The SMILES string of the molecule is F/C(=C\C(F)(F)F)C1CCC(C2CCC(C3OC[CH-]CO3)CC2)CC1.[Rf]. The minimum absolute atomic E-state index is 0. The van der Waals surface area contributed by atoms with Crippen LogP contribution < -0.4 is 0 Å². The second kappa shape index (κ2) is 8.85. The third-order valence-corrected chi connectivity index (χ3v) is 6.09. The molecule has 1 saturated heterocycles. The van der Waals surface area contributed by atoms with E-state index in [4.69, 9.17) is 9.47 Å². The standard InChI is InChI=1S/C19H27F4O2.Rf/c20-17(12-19(21,22)23)15-6-2-13(3-7-15)14-4-8-16(9-5-14)18-24-10-1-11-25-18;/h1,12-16,18H,2-11H2;/q-1;/b17-12-;. The van der Waals surface area contributed by atoms with Crippen molar-refractivity contribution in [3.05, 3.63) is 18.3 Å². The van der Waals surface area contributed by atoms with Crippen LogP contribution >= 0.6 is 0 Å². The van der Waals surface area contributed by atoms with Gasteiger partial charge in [0.1, 0.15) is 5.83 Å². The summed E-state index contributed by atoms with van der Waals surface area (Å²) in [6, 6.07) is 0. The molecule has 0 aromatic rings. The van der Waals surface area contributed by atoms with Gasteiger partial charge in [0, 0.05) is 11.8 Å². The zero-order chi connectivity index (χ0) is 17.9. The molecule has 146 valence electrons. The van der Waals surface area contributed by atoms with Gasteiger partial charge in [-0.05, 0) is 63.2 Å². The maximum atomic E-state index is 13.7. The first-order valence-corrected chi connectivity index (χ1v) is 9.42. The van der Waals surface area contributed by atoms with E-state index >= 15 is 0 Å². The number of halogens is 4. The fourth-order valence-corrected chi connectivity index (χ4v) is 4.72. The molecule has 1 heterocycles. The molecule has 0 aromatic carbocycles. The Bertz CT molecular complexity index is 447. The molecule has 0 amide bonds. The van der Waals surface area contributed by atoms with Crippen LogP contribution in [0.5, 0.6) is 0 Å². The molecule has 0 atom stereocenters. The smallest absolute Gasteiger partial charge is 0.384 e. The van der Waals surface area contributed by atoms with E-state index < -0.39 is 17.9 Å². The van der Waals surface area contributed by atoms with Crippen molar-refractivity contribution < 1.29 is 27.0 Å². The number of hydrogen-bond donors (Lipinski definition) is 0. The molecule has 0 unspecified atom stereocenters. The summed E-state index contributed by atoms with van der Waals surface area (Å²) in [6.07, 6.45) is 4.33. The number of ether oxygens (including phenoxy) is 2.